The van der Waals surface area contributed by atoms with Gasteiger partial charge in [-0.1, -0.05) is 6.07 Å². The first-order valence-electron chi connectivity index (χ1n) is 5.70. The van der Waals surface area contributed by atoms with Crippen LogP contribution in [0.3, 0.4) is 0 Å². The Labute approximate surface area is 111 Å². The van der Waals surface area contributed by atoms with Crippen molar-refractivity contribution in [3.05, 3.63) is 34.9 Å². The van der Waals surface area contributed by atoms with Crippen molar-refractivity contribution in [1.29, 1.82) is 0 Å². The maximum atomic E-state index is 11.7. The van der Waals surface area contributed by atoms with Gasteiger partial charge >= 0.3 is 5.97 Å². The van der Waals surface area contributed by atoms with Crippen LogP contribution in [0.15, 0.2) is 18.2 Å². The Morgan fingerprint density at radius 1 is 1.11 bits per heavy atom. The topological polar surface area (TPSA) is 84.5 Å². The summed E-state index contributed by atoms with van der Waals surface area (Å²) in [4.78, 5) is 33.4. The predicted molar refractivity (Wildman–Crippen MR) is 68.2 cm³/mol. The smallest absolute Gasteiger partial charge is 0.338 e. The Bertz CT molecular complexity index is 511. The van der Waals surface area contributed by atoms with Crippen LogP contribution in [0.4, 0.5) is 0 Å². The fourth-order valence-corrected chi connectivity index (χ4v) is 1.28. The molecule has 0 unspecified atom stereocenters. The first-order valence-corrected chi connectivity index (χ1v) is 5.70. The fraction of sp³-hybridized carbons (Fsp3) is 0.308. The number of aryl methyl sites for hydroxylation is 2. The Balaban J connectivity index is 2.49. The summed E-state index contributed by atoms with van der Waals surface area (Å²) in [6.07, 6.45) is 0. The largest absolute Gasteiger partial charge is 0.452 e. The molecule has 0 spiro atoms. The Kier molecular flexibility index (Phi) is 5.05. The third-order valence-electron chi connectivity index (χ3n) is 2.45. The highest BCUT2D eigenvalue weighted by Crippen LogP contribution is 2.10. The third-order valence-corrected chi connectivity index (χ3v) is 2.45. The summed E-state index contributed by atoms with van der Waals surface area (Å²) >= 11 is 0. The number of hydrogen-bond acceptors (Lipinski definition) is 4. The minimum Gasteiger partial charge on any atom is -0.452 e. The molecule has 102 valence electrons. The second-order valence-electron chi connectivity index (χ2n) is 4.10. The van der Waals surface area contributed by atoms with Gasteiger partial charge in [-0.3, -0.25) is 20.4 Å². The highest BCUT2D eigenvalue weighted by atomic mass is 16.5. The third kappa shape index (κ3) is 4.79. The number of hydrogen-bond donors (Lipinski definition) is 2. The van der Waals surface area contributed by atoms with Crippen molar-refractivity contribution in [1.82, 2.24) is 10.9 Å². The first-order chi connectivity index (χ1) is 8.90. The van der Waals surface area contributed by atoms with Crippen LogP contribution in [-0.2, 0) is 14.3 Å². The molecular weight excluding hydrogens is 248 g/mol. The molecule has 1 aromatic carbocycles. The maximum Gasteiger partial charge on any atom is 0.338 e. The van der Waals surface area contributed by atoms with Gasteiger partial charge in [0.05, 0.1) is 5.56 Å². The Morgan fingerprint density at radius 2 is 1.79 bits per heavy atom. The van der Waals surface area contributed by atoms with Crippen LogP contribution in [0.5, 0.6) is 0 Å². The minimum absolute atomic E-state index is 0.385. The van der Waals surface area contributed by atoms with E-state index in [1.165, 1.54) is 6.92 Å². The molecule has 0 aliphatic carbocycles. The van der Waals surface area contributed by atoms with Gasteiger partial charge in [-0.25, -0.2) is 4.79 Å². The molecule has 0 aromatic heterocycles. The predicted octanol–water partition coefficient (Wildman–Crippen LogP) is 0.628. The van der Waals surface area contributed by atoms with Gasteiger partial charge in [-0.15, -0.1) is 0 Å². The van der Waals surface area contributed by atoms with Crippen LogP contribution in [0.25, 0.3) is 0 Å². The van der Waals surface area contributed by atoms with Crippen LogP contribution in [0, 0.1) is 13.8 Å². The van der Waals surface area contributed by atoms with Crippen molar-refractivity contribution >= 4 is 17.8 Å². The van der Waals surface area contributed by atoms with Gasteiger partial charge in [0.2, 0.25) is 5.91 Å². The average molecular weight is 264 g/mol. The quantitative estimate of drug-likeness (QED) is 0.619. The van der Waals surface area contributed by atoms with Gasteiger partial charge in [-0.2, -0.15) is 0 Å². The molecular formula is C13H16N2O4. The van der Waals surface area contributed by atoms with Crippen LogP contribution in [-0.4, -0.2) is 24.4 Å². The summed E-state index contributed by atoms with van der Waals surface area (Å²) < 4.78 is 4.81. The molecule has 2 amide bonds. The van der Waals surface area contributed by atoms with E-state index in [9.17, 15) is 14.4 Å². The summed E-state index contributed by atoms with van der Waals surface area (Å²) in [7, 11) is 0. The molecule has 1 rings (SSSR count). The molecule has 0 aliphatic rings. The van der Waals surface area contributed by atoms with E-state index < -0.39 is 24.4 Å². The normalized spacial score (nSPS) is 9.63. The van der Waals surface area contributed by atoms with E-state index in [-0.39, 0.29) is 0 Å². The number of rotatable bonds is 3. The molecule has 0 saturated carbocycles. The molecule has 1 aromatic rings. The summed E-state index contributed by atoms with van der Waals surface area (Å²) in [5.74, 6) is -1.60. The van der Waals surface area contributed by atoms with Crippen molar-refractivity contribution < 1.29 is 19.1 Å². The minimum atomic E-state index is -0.604. The van der Waals surface area contributed by atoms with E-state index in [1.54, 1.807) is 12.1 Å². The van der Waals surface area contributed by atoms with Gasteiger partial charge in [0.25, 0.3) is 5.91 Å². The second kappa shape index (κ2) is 6.53. The van der Waals surface area contributed by atoms with Gasteiger partial charge in [0, 0.05) is 6.92 Å². The van der Waals surface area contributed by atoms with Crippen LogP contribution in [0.2, 0.25) is 0 Å². The van der Waals surface area contributed by atoms with Crippen LogP contribution in [0.1, 0.15) is 28.4 Å². The molecule has 6 heteroatoms. The summed E-state index contributed by atoms with van der Waals surface area (Å²) in [5, 5.41) is 0. The van der Waals surface area contributed by atoms with E-state index in [0.29, 0.717) is 5.56 Å². The SMILES string of the molecule is CC(=O)NNC(=O)COC(=O)c1ccc(C)c(C)c1. The van der Waals surface area contributed by atoms with Gasteiger partial charge in [0.15, 0.2) is 6.61 Å². The van der Waals surface area contributed by atoms with Crippen molar-refractivity contribution in [3.63, 3.8) is 0 Å². The lowest BCUT2D eigenvalue weighted by atomic mass is 10.1. The molecule has 19 heavy (non-hydrogen) atoms. The molecule has 0 fully saturated rings. The lowest BCUT2D eigenvalue weighted by Gasteiger charge is -2.07. The summed E-state index contributed by atoms with van der Waals surface area (Å²) in [6.45, 7) is 4.62. The zero-order valence-corrected chi connectivity index (χ0v) is 11.1. The van der Waals surface area contributed by atoms with Gasteiger partial charge < -0.3 is 4.74 Å². The Morgan fingerprint density at radius 3 is 2.37 bits per heavy atom. The number of carbonyl (C=O) groups is 3. The van der Waals surface area contributed by atoms with E-state index in [0.717, 1.165) is 11.1 Å². The van der Waals surface area contributed by atoms with Crippen LogP contribution >= 0.6 is 0 Å². The summed E-state index contributed by atoms with van der Waals surface area (Å²) in [6, 6.07) is 5.14. The Hall–Kier alpha value is -2.37. The number of hydrazine groups is 1. The highest BCUT2D eigenvalue weighted by Gasteiger charge is 2.10. The fourth-order valence-electron chi connectivity index (χ4n) is 1.28. The number of amides is 2. The van der Waals surface area contributed by atoms with Crippen molar-refractivity contribution in [2.75, 3.05) is 6.61 Å². The molecule has 2 N–H and O–H groups in total. The monoisotopic (exact) mass is 264 g/mol. The number of esters is 1. The molecule has 0 radical (unpaired) electrons. The van der Waals surface area contributed by atoms with E-state index in [1.807, 2.05) is 19.9 Å². The van der Waals surface area contributed by atoms with E-state index in [2.05, 4.69) is 10.9 Å². The van der Waals surface area contributed by atoms with Crippen LogP contribution < -0.4 is 10.9 Å². The molecule has 0 saturated heterocycles. The van der Waals surface area contributed by atoms with Crippen molar-refractivity contribution in [2.24, 2.45) is 0 Å². The second-order valence-corrected chi connectivity index (χ2v) is 4.10. The number of ether oxygens (including phenoxy) is 1. The van der Waals surface area contributed by atoms with Gasteiger partial charge in [0.1, 0.15) is 0 Å². The molecule has 6 nitrogen and oxygen atoms in total. The van der Waals surface area contributed by atoms with Crippen molar-refractivity contribution in [2.45, 2.75) is 20.8 Å². The molecule has 0 atom stereocenters. The number of benzene rings is 1. The first kappa shape index (κ1) is 14.7. The van der Waals surface area contributed by atoms with E-state index >= 15 is 0 Å². The lowest BCUT2D eigenvalue weighted by Crippen LogP contribution is -2.42. The maximum absolute atomic E-state index is 11.7. The van der Waals surface area contributed by atoms with Crippen molar-refractivity contribution in [3.8, 4) is 0 Å². The standard InChI is InChI=1S/C13H16N2O4/c1-8-4-5-11(6-9(8)2)13(18)19-7-12(17)15-14-10(3)16/h4-6H,7H2,1-3H3,(H,14,16)(H,15,17). The molecule has 0 heterocycles. The molecule has 0 aliphatic heterocycles. The number of nitrogens with one attached hydrogen (secondary N) is 2. The molecule has 0 bridgehead atoms. The average Bonchev–Trinajstić information content (AvgIpc) is 2.36. The zero-order chi connectivity index (χ0) is 14.4. The zero-order valence-electron chi connectivity index (χ0n) is 11.1. The highest BCUT2D eigenvalue weighted by molar-refractivity contribution is 5.91. The van der Waals surface area contributed by atoms with E-state index in [4.69, 9.17) is 4.74 Å². The summed E-state index contributed by atoms with van der Waals surface area (Å²) in [5.41, 5.74) is 6.61. The number of carbonyl (C=O) groups excluding carboxylic acids is 3. The van der Waals surface area contributed by atoms with Gasteiger partial charge in [-0.05, 0) is 37.1 Å². The lowest BCUT2D eigenvalue weighted by molar-refractivity contribution is -0.129.